The summed E-state index contributed by atoms with van der Waals surface area (Å²) in [5.74, 6) is -75.3. The lowest BCUT2D eigenvalue weighted by molar-refractivity contribution is -0.488. The van der Waals surface area contributed by atoms with Crippen molar-refractivity contribution in [3.63, 3.8) is 0 Å². The van der Waals surface area contributed by atoms with Gasteiger partial charge in [0.05, 0.1) is 13.2 Å². The van der Waals surface area contributed by atoms with Gasteiger partial charge in [-0.3, -0.25) is 0 Å². The van der Waals surface area contributed by atoms with Crippen molar-refractivity contribution in [2.45, 2.75) is 123 Å². The Hall–Kier alpha value is -1.71. The average molecular weight is 780 g/mol. The number of halogens is 21. The van der Waals surface area contributed by atoms with Gasteiger partial charge in [-0.15, -0.1) is 0 Å². The maximum atomic E-state index is 14.7. The Balaban J connectivity index is 2.63. The SMILES string of the molecule is CC1(C)OCC(C(O)C(OC(F)(F)C(F)(F)C(F)(F)C(F)(F)C(F)(F)C(F)(F)C(F)(F)C(F)(F)C(F)(F)C(F)(F)F)C2COC(C)(C)O2)O1. The van der Waals surface area contributed by atoms with E-state index >= 15 is 0 Å². The number of aliphatic hydroxyl groups excluding tert-OH is 1. The number of alkyl halides is 21. The fourth-order valence-electron chi connectivity index (χ4n) is 4.13. The van der Waals surface area contributed by atoms with Crippen LogP contribution in [0.15, 0.2) is 0 Å². The fraction of sp³-hybridized carbons (Fsp3) is 1.00. The third-order valence-electron chi connectivity index (χ3n) is 6.91. The van der Waals surface area contributed by atoms with Crippen molar-refractivity contribution in [3.05, 3.63) is 0 Å². The molecular formula is C22H21F21O6. The summed E-state index contributed by atoms with van der Waals surface area (Å²) in [7, 11) is 0. The molecule has 2 fully saturated rings. The molecule has 2 aliphatic heterocycles. The van der Waals surface area contributed by atoms with Crippen molar-refractivity contribution in [1.82, 2.24) is 0 Å². The van der Waals surface area contributed by atoms with Gasteiger partial charge in [-0.05, 0) is 27.7 Å². The standard InChI is InChI=1S/C22H21F21O6/c1-11(2)45-5-7(47-11)9(44)10(8-6-46-12(3,4)48-8)49-22(42,43)20(37,38)18(33,34)16(29,30)14(25,26)13(23,24)15(27,28)17(31,32)19(35,36)21(39,40)41/h7-10,44H,5-6H2,1-4H3. The van der Waals surface area contributed by atoms with Crippen LogP contribution in [0.4, 0.5) is 92.2 Å². The number of hydrogen-bond acceptors (Lipinski definition) is 6. The molecule has 6 nitrogen and oxygen atoms in total. The van der Waals surface area contributed by atoms with Crippen LogP contribution >= 0.6 is 0 Å². The van der Waals surface area contributed by atoms with Gasteiger partial charge >= 0.3 is 59.7 Å². The van der Waals surface area contributed by atoms with E-state index in [0.29, 0.717) is 0 Å². The largest absolute Gasteiger partial charge is 0.460 e. The Morgan fingerprint density at radius 1 is 0.490 bits per heavy atom. The van der Waals surface area contributed by atoms with Crippen molar-refractivity contribution in [2.75, 3.05) is 13.2 Å². The van der Waals surface area contributed by atoms with Crippen LogP contribution in [0.5, 0.6) is 0 Å². The molecule has 27 heteroatoms. The topological polar surface area (TPSA) is 66.4 Å². The molecule has 2 heterocycles. The Morgan fingerprint density at radius 2 is 0.776 bits per heavy atom. The number of hydrogen-bond donors (Lipinski definition) is 1. The number of ether oxygens (including phenoxy) is 5. The predicted octanol–water partition coefficient (Wildman–Crippen LogP) is 7.27. The van der Waals surface area contributed by atoms with Crippen molar-refractivity contribution in [1.29, 1.82) is 0 Å². The van der Waals surface area contributed by atoms with Crippen molar-refractivity contribution < 1.29 is 121 Å². The van der Waals surface area contributed by atoms with Crippen LogP contribution in [-0.4, -0.2) is 114 Å². The third-order valence-corrected chi connectivity index (χ3v) is 6.91. The van der Waals surface area contributed by atoms with Crippen LogP contribution in [0, 0.1) is 0 Å². The zero-order valence-electron chi connectivity index (χ0n) is 24.1. The average Bonchev–Trinajstić information content (AvgIpc) is 3.45. The first-order chi connectivity index (χ1) is 21.1. The molecule has 0 radical (unpaired) electrons. The predicted molar refractivity (Wildman–Crippen MR) is 111 cm³/mol. The first-order valence-corrected chi connectivity index (χ1v) is 12.6. The molecule has 4 atom stereocenters. The van der Waals surface area contributed by atoms with Gasteiger partial charge in [0.1, 0.15) is 24.4 Å². The van der Waals surface area contributed by atoms with Crippen molar-refractivity contribution >= 4 is 0 Å². The molecule has 292 valence electrons. The summed E-state index contributed by atoms with van der Waals surface area (Å²) in [6.07, 6.45) is -25.9. The third kappa shape index (κ3) is 6.49. The lowest BCUT2D eigenvalue weighted by Crippen LogP contribution is -2.77. The molecule has 2 saturated heterocycles. The van der Waals surface area contributed by atoms with Crippen LogP contribution < -0.4 is 0 Å². The van der Waals surface area contributed by atoms with E-state index in [1.54, 1.807) is 0 Å². The van der Waals surface area contributed by atoms with E-state index in [1.807, 2.05) is 0 Å². The van der Waals surface area contributed by atoms with E-state index in [9.17, 15) is 97.3 Å². The molecule has 2 rings (SSSR count). The zero-order valence-corrected chi connectivity index (χ0v) is 24.1. The summed E-state index contributed by atoms with van der Waals surface area (Å²) in [4.78, 5) is 0. The molecule has 49 heavy (non-hydrogen) atoms. The monoisotopic (exact) mass is 780 g/mol. The highest BCUT2D eigenvalue weighted by Gasteiger charge is 2.98. The van der Waals surface area contributed by atoms with Crippen LogP contribution in [0.25, 0.3) is 0 Å². The molecule has 0 aromatic rings. The maximum Gasteiger partial charge on any atom is 0.460 e. The highest BCUT2D eigenvalue weighted by Crippen LogP contribution is 2.66. The van der Waals surface area contributed by atoms with E-state index in [1.165, 1.54) is 0 Å². The second-order valence-electron chi connectivity index (χ2n) is 11.4. The van der Waals surface area contributed by atoms with Crippen LogP contribution in [0.2, 0.25) is 0 Å². The lowest BCUT2D eigenvalue weighted by Gasteiger charge is -2.44. The number of rotatable bonds is 13. The summed E-state index contributed by atoms with van der Waals surface area (Å²) < 4.78 is 311. The van der Waals surface area contributed by atoms with Crippen molar-refractivity contribution in [2.24, 2.45) is 0 Å². The molecule has 1 N–H and O–H groups in total. The van der Waals surface area contributed by atoms with E-state index in [0.717, 1.165) is 27.7 Å². The first kappa shape index (κ1) is 43.5. The minimum Gasteiger partial charge on any atom is -0.387 e. The summed E-state index contributed by atoms with van der Waals surface area (Å²) in [6, 6.07) is 0. The molecule has 0 aromatic heterocycles. The lowest BCUT2D eigenvalue weighted by atomic mass is 9.87. The maximum absolute atomic E-state index is 14.7. The van der Waals surface area contributed by atoms with E-state index in [4.69, 9.17) is 18.9 Å². The summed E-state index contributed by atoms with van der Waals surface area (Å²) in [5, 5.41) is 10.5. The molecule has 0 amide bonds. The zero-order chi connectivity index (χ0) is 39.3. The fourth-order valence-corrected chi connectivity index (χ4v) is 4.13. The van der Waals surface area contributed by atoms with Crippen molar-refractivity contribution in [3.8, 4) is 0 Å². The Kier molecular flexibility index (Phi) is 10.6. The molecule has 0 spiro atoms. The van der Waals surface area contributed by atoms with Gasteiger partial charge in [0.25, 0.3) is 0 Å². The smallest absolute Gasteiger partial charge is 0.387 e. The Bertz CT molecular complexity index is 1200. The van der Waals surface area contributed by atoms with E-state index in [-0.39, 0.29) is 0 Å². The van der Waals surface area contributed by atoms with Gasteiger partial charge in [0, 0.05) is 0 Å². The molecule has 0 aliphatic carbocycles. The molecule has 0 bridgehead atoms. The second-order valence-corrected chi connectivity index (χ2v) is 11.4. The van der Waals surface area contributed by atoms with Gasteiger partial charge < -0.3 is 28.8 Å². The minimum atomic E-state index is -9.30. The normalized spacial score (nSPS) is 25.1. The van der Waals surface area contributed by atoms with Gasteiger partial charge in [-0.2, -0.15) is 92.2 Å². The molecule has 0 aromatic carbocycles. The van der Waals surface area contributed by atoms with Gasteiger partial charge in [0.2, 0.25) is 0 Å². The molecule has 0 saturated carbocycles. The van der Waals surface area contributed by atoms with Crippen LogP contribution in [0.1, 0.15) is 27.7 Å². The second kappa shape index (κ2) is 11.9. The summed E-state index contributed by atoms with van der Waals surface area (Å²) >= 11 is 0. The highest BCUT2D eigenvalue weighted by atomic mass is 19.4. The summed E-state index contributed by atoms with van der Waals surface area (Å²) in [6.45, 7) is 2.19. The van der Waals surface area contributed by atoms with Gasteiger partial charge in [-0.25, -0.2) is 0 Å². The number of aliphatic hydroxyl groups is 1. The van der Waals surface area contributed by atoms with Gasteiger partial charge in [0.15, 0.2) is 11.6 Å². The first-order valence-electron chi connectivity index (χ1n) is 12.6. The van der Waals surface area contributed by atoms with E-state index < -0.39 is 109 Å². The van der Waals surface area contributed by atoms with Crippen LogP contribution in [-0.2, 0) is 23.7 Å². The molecule has 2 aliphatic rings. The van der Waals surface area contributed by atoms with E-state index in [2.05, 4.69) is 4.74 Å². The quantitative estimate of drug-likeness (QED) is 0.199. The highest BCUT2D eigenvalue weighted by molar-refractivity contribution is 5.17. The molecular weight excluding hydrogens is 759 g/mol. The summed E-state index contributed by atoms with van der Waals surface area (Å²) in [5.41, 5.74) is 0. The Labute approximate surface area is 258 Å². The molecule has 4 unspecified atom stereocenters. The van der Waals surface area contributed by atoms with Gasteiger partial charge in [-0.1, -0.05) is 0 Å². The minimum absolute atomic E-state index is 0.852. The Morgan fingerprint density at radius 3 is 1.06 bits per heavy atom. The van der Waals surface area contributed by atoms with Crippen LogP contribution in [0.3, 0.4) is 0 Å².